The number of anilines is 4. The van der Waals surface area contributed by atoms with Gasteiger partial charge < -0.3 is 5.32 Å². The van der Waals surface area contributed by atoms with Crippen LogP contribution in [-0.2, 0) is 0 Å². The quantitative estimate of drug-likeness (QED) is 0.409. The van der Waals surface area contributed by atoms with Gasteiger partial charge in [-0.1, -0.05) is 0 Å². The van der Waals surface area contributed by atoms with Gasteiger partial charge in [0.05, 0.1) is 15.5 Å². The number of pyridine rings is 1. The van der Waals surface area contributed by atoms with E-state index in [1.165, 1.54) is 24.3 Å². The molecule has 1 aromatic carbocycles. The predicted molar refractivity (Wildman–Crippen MR) is 101 cm³/mol. The van der Waals surface area contributed by atoms with E-state index in [9.17, 15) is 20.2 Å². The fraction of sp³-hybridized carbons (Fsp3) is 0.0625. The van der Waals surface area contributed by atoms with E-state index in [1.807, 2.05) is 6.92 Å². The summed E-state index contributed by atoms with van der Waals surface area (Å²) in [5.74, 6) is 0.274. The van der Waals surface area contributed by atoms with E-state index < -0.39 is 9.85 Å². The van der Waals surface area contributed by atoms with Crippen LogP contribution in [0.1, 0.15) is 5.56 Å². The third-order valence-corrected chi connectivity index (χ3v) is 3.57. The Morgan fingerprint density at radius 1 is 0.893 bits per heavy atom. The van der Waals surface area contributed by atoms with E-state index >= 15 is 0 Å². The first kappa shape index (κ1) is 18.4. The summed E-state index contributed by atoms with van der Waals surface area (Å²) in [5, 5.41) is 25.0. The van der Waals surface area contributed by atoms with E-state index in [0.29, 0.717) is 11.5 Å². The molecule has 0 aliphatic rings. The number of rotatable bonds is 7. The monoisotopic (exact) mass is 382 g/mol. The first-order chi connectivity index (χ1) is 13.4. The summed E-state index contributed by atoms with van der Waals surface area (Å²) in [6, 6.07) is 9.01. The van der Waals surface area contributed by atoms with Crippen molar-refractivity contribution in [2.24, 2.45) is 0 Å². The number of hydrogen-bond acceptors (Lipinski definition) is 10. The van der Waals surface area contributed by atoms with E-state index in [2.05, 4.69) is 31.1 Å². The van der Waals surface area contributed by atoms with Gasteiger partial charge in [-0.15, -0.1) is 0 Å². The highest BCUT2D eigenvalue weighted by Crippen LogP contribution is 2.30. The normalized spacial score (nSPS) is 10.2. The van der Waals surface area contributed by atoms with Crippen LogP contribution in [0.15, 0.2) is 48.9 Å². The van der Waals surface area contributed by atoms with E-state index in [4.69, 9.17) is 0 Å². The summed E-state index contributed by atoms with van der Waals surface area (Å²) in [6.07, 6.45) is 2.73. The lowest BCUT2D eigenvalue weighted by Crippen LogP contribution is -2.13. The number of non-ortho nitro benzene ring substituents is 1. The summed E-state index contributed by atoms with van der Waals surface area (Å²) >= 11 is 0. The Kier molecular flexibility index (Phi) is 5.21. The molecule has 2 heterocycles. The molecule has 12 nitrogen and oxygen atoms in total. The maximum Gasteiger partial charge on any atom is 0.355 e. The van der Waals surface area contributed by atoms with E-state index in [1.54, 1.807) is 18.3 Å². The summed E-state index contributed by atoms with van der Waals surface area (Å²) in [4.78, 5) is 33.0. The van der Waals surface area contributed by atoms with Crippen LogP contribution in [-0.4, -0.2) is 24.8 Å². The van der Waals surface area contributed by atoms with Crippen LogP contribution in [0.25, 0.3) is 0 Å². The number of nitro groups is 2. The number of nitro benzene ring substituents is 1. The summed E-state index contributed by atoms with van der Waals surface area (Å²) in [6.45, 7) is 1.86. The van der Waals surface area contributed by atoms with Crippen molar-refractivity contribution in [2.75, 3.05) is 16.2 Å². The number of aryl methyl sites for hydroxylation is 1. The molecule has 0 unspecified atom stereocenters. The van der Waals surface area contributed by atoms with Crippen molar-refractivity contribution in [2.45, 2.75) is 6.92 Å². The van der Waals surface area contributed by atoms with Crippen molar-refractivity contribution in [3.63, 3.8) is 0 Å². The zero-order chi connectivity index (χ0) is 20.1. The maximum atomic E-state index is 11.6. The van der Waals surface area contributed by atoms with Crippen LogP contribution < -0.4 is 16.2 Å². The van der Waals surface area contributed by atoms with Gasteiger partial charge >= 0.3 is 5.69 Å². The fourth-order valence-corrected chi connectivity index (χ4v) is 2.26. The predicted octanol–water partition coefficient (Wildman–Crippen LogP) is 3.18. The van der Waals surface area contributed by atoms with Gasteiger partial charge in [0.2, 0.25) is 11.6 Å². The first-order valence-corrected chi connectivity index (χ1v) is 7.89. The van der Waals surface area contributed by atoms with Gasteiger partial charge in [-0.25, -0.2) is 15.0 Å². The molecule has 28 heavy (non-hydrogen) atoms. The molecule has 0 saturated carbocycles. The third-order valence-electron chi connectivity index (χ3n) is 3.57. The Labute approximate surface area is 157 Å². The van der Waals surface area contributed by atoms with Crippen molar-refractivity contribution < 1.29 is 9.85 Å². The smallest absolute Gasteiger partial charge is 0.319 e. The molecule has 0 amide bonds. The van der Waals surface area contributed by atoms with Gasteiger partial charge in [0.25, 0.3) is 5.69 Å². The molecule has 142 valence electrons. The highest BCUT2D eigenvalue weighted by Gasteiger charge is 2.23. The molecule has 3 rings (SSSR count). The molecule has 0 radical (unpaired) electrons. The lowest BCUT2D eigenvalue weighted by Gasteiger charge is -2.11. The van der Waals surface area contributed by atoms with Crippen molar-refractivity contribution in [3.05, 3.63) is 74.7 Å². The van der Waals surface area contributed by atoms with Crippen LogP contribution in [0.4, 0.5) is 34.5 Å². The van der Waals surface area contributed by atoms with Crippen molar-refractivity contribution in [1.82, 2.24) is 15.0 Å². The van der Waals surface area contributed by atoms with Gasteiger partial charge in [-0.05, 0) is 36.8 Å². The molecule has 3 N–H and O–H groups in total. The Morgan fingerprint density at radius 2 is 1.61 bits per heavy atom. The molecule has 0 aliphatic carbocycles. The second kappa shape index (κ2) is 7.90. The average Bonchev–Trinajstić information content (AvgIpc) is 2.66. The highest BCUT2D eigenvalue weighted by atomic mass is 16.6. The highest BCUT2D eigenvalue weighted by molar-refractivity contribution is 5.73. The second-order valence-corrected chi connectivity index (χ2v) is 5.57. The molecule has 3 aromatic rings. The second-order valence-electron chi connectivity index (χ2n) is 5.57. The number of hydrogen-bond donors (Lipinski definition) is 3. The fourth-order valence-electron chi connectivity index (χ4n) is 2.26. The van der Waals surface area contributed by atoms with Gasteiger partial charge in [0, 0.05) is 18.3 Å². The molecule has 2 aromatic heterocycles. The lowest BCUT2D eigenvalue weighted by molar-refractivity contribution is -0.384. The third kappa shape index (κ3) is 4.24. The summed E-state index contributed by atoms with van der Waals surface area (Å²) < 4.78 is 0. The van der Waals surface area contributed by atoms with E-state index in [0.717, 1.165) is 11.9 Å². The molecule has 0 aliphatic heterocycles. The average molecular weight is 382 g/mol. The summed E-state index contributed by atoms with van der Waals surface area (Å²) in [5.41, 5.74) is 6.25. The first-order valence-electron chi connectivity index (χ1n) is 7.89. The van der Waals surface area contributed by atoms with Crippen molar-refractivity contribution >= 4 is 34.5 Å². The molecule has 0 fully saturated rings. The number of benzene rings is 1. The Bertz CT molecular complexity index is 1030. The SMILES string of the molecule is Cc1ccnc(Nc2ncnc(NNc3ccc([N+](=O)[O-])cc3)c2[N+](=O)[O-])c1. The summed E-state index contributed by atoms with van der Waals surface area (Å²) in [7, 11) is 0. The molecule has 12 heteroatoms. The molecular formula is C16H14N8O4. The van der Waals surface area contributed by atoms with Crippen molar-refractivity contribution in [1.29, 1.82) is 0 Å². The van der Waals surface area contributed by atoms with Gasteiger partial charge in [0.15, 0.2) is 0 Å². The van der Waals surface area contributed by atoms with Gasteiger partial charge in [-0.3, -0.25) is 31.1 Å². The molecule has 0 spiro atoms. The topological polar surface area (TPSA) is 161 Å². The maximum absolute atomic E-state index is 11.6. The molecular weight excluding hydrogens is 368 g/mol. The number of nitrogens with one attached hydrogen (secondary N) is 3. The van der Waals surface area contributed by atoms with E-state index in [-0.39, 0.29) is 23.0 Å². The Morgan fingerprint density at radius 3 is 2.25 bits per heavy atom. The van der Waals surface area contributed by atoms with Crippen LogP contribution in [0.5, 0.6) is 0 Å². The number of nitrogens with zero attached hydrogens (tertiary/aromatic N) is 5. The van der Waals surface area contributed by atoms with Crippen LogP contribution in [0.3, 0.4) is 0 Å². The van der Waals surface area contributed by atoms with Crippen LogP contribution in [0, 0.1) is 27.2 Å². The largest absolute Gasteiger partial charge is 0.355 e. The van der Waals surface area contributed by atoms with Gasteiger partial charge in [-0.2, -0.15) is 0 Å². The van der Waals surface area contributed by atoms with Crippen molar-refractivity contribution in [3.8, 4) is 0 Å². The number of hydrazine groups is 1. The lowest BCUT2D eigenvalue weighted by atomic mass is 10.3. The minimum Gasteiger partial charge on any atom is -0.319 e. The minimum atomic E-state index is -0.627. The van der Waals surface area contributed by atoms with Crippen LogP contribution in [0.2, 0.25) is 0 Å². The zero-order valence-electron chi connectivity index (χ0n) is 14.5. The Balaban J connectivity index is 1.82. The number of aromatic nitrogens is 3. The minimum absolute atomic E-state index is 0.0360. The molecule has 0 bridgehead atoms. The Hall–Kier alpha value is -4.35. The zero-order valence-corrected chi connectivity index (χ0v) is 14.5. The molecule has 0 saturated heterocycles. The molecule has 0 atom stereocenters. The standard InChI is InChI=1S/C16H14N8O4/c1-10-6-7-17-13(8-10)20-15-14(24(27)28)16(19-9-18-15)22-21-11-2-4-12(5-3-11)23(25)26/h2-9,21H,1H3,(H2,17,18,19,20,22). The van der Waals surface area contributed by atoms with Crippen LogP contribution >= 0.6 is 0 Å². The van der Waals surface area contributed by atoms with Gasteiger partial charge in [0.1, 0.15) is 12.1 Å².